The summed E-state index contributed by atoms with van der Waals surface area (Å²) in [4.78, 5) is 13.5. The Hall–Kier alpha value is -3.66. The van der Waals surface area contributed by atoms with E-state index in [4.69, 9.17) is 11.6 Å². The van der Waals surface area contributed by atoms with Gasteiger partial charge in [0.25, 0.3) is 0 Å². The van der Waals surface area contributed by atoms with E-state index in [1.54, 1.807) is 24.3 Å². The molecule has 0 saturated heterocycles. The van der Waals surface area contributed by atoms with Gasteiger partial charge in [-0.1, -0.05) is 90.5 Å². The maximum atomic E-state index is 13.5. The van der Waals surface area contributed by atoms with Crippen molar-refractivity contribution in [2.24, 2.45) is 5.41 Å². The van der Waals surface area contributed by atoms with Crippen molar-refractivity contribution in [1.29, 1.82) is 10.5 Å². The lowest BCUT2D eigenvalue weighted by atomic mass is 9.55. The van der Waals surface area contributed by atoms with Crippen molar-refractivity contribution >= 4 is 23.5 Å². The van der Waals surface area contributed by atoms with Crippen molar-refractivity contribution in [3.8, 4) is 12.1 Å². The normalized spacial score (nSPS) is 21.3. The van der Waals surface area contributed by atoms with Crippen molar-refractivity contribution in [3.63, 3.8) is 0 Å². The van der Waals surface area contributed by atoms with E-state index in [0.717, 1.165) is 11.1 Å². The largest absolute Gasteiger partial charge is 0.295 e. The van der Waals surface area contributed by atoms with Crippen LogP contribution in [0.5, 0.6) is 0 Å². The fraction of sp³-hybridized carbons (Fsp3) is 0.148. The molecular formula is C27H19ClN2O. The fourth-order valence-electron chi connectivity index (χ4n) is 4.46. The molecule has 0 amide bonds. The first-order chi connectivity index (χ1) is 15.1. The molecular weight excluding hydrogens is 404 g/mol. The molecule has 2 atom stereocenters. The number of carbonyl (C=O) groups is 1. The highest BCUT2D eigenvalue weighted by atomic mass is 35.5. The maximum absolute atomic E-state index is 13.5. The Morgan fingerprint density at radius 1 is 0.871 bits per heavy atom. The number of allylic oxidation sites excluding steroid dienone is 1. The Kier molecular flexibility index (Phi) is 5.72. The first kappa shape index (κ1) is 20.6. The molecule has 0 radical (unpaired) electrons. The van der Waals surface area contributed by atoms with Gasteiger partial charge >= 0.3 is 0 Å². The van der Waals surface area contributed by atoms with Gasteiger partial charge in [-0.25, -0.2) is 0 Å². The molecule has 0 heterocycles. The Bertz CT molecular complexity index is 1210. The van der Waals surface area contributed by atoms with E-state index in [-0.39, 0.29) is 12.2 Å². The highest BCUT2D eigenvalue weighted by molar-refractivity contribution is 6.31. The number of hydrogen-bond donors (Lipinski definition) is 0. The highest BCUT2D eigenvalue weighted by Crippen LogP contribution is 2.56. The van der Waals surface area contributed by atoms with E-state index in [0.29, 0.717) is 16.2 Å². The third-order valence-electron chi connectivity index (χ3n) is 5.94. The molecule has 1 fully saturated rings. The van der Waals surface area contributed by atoms with Gasteiger partial charge in [0.2, 0.25) is 0 Å². The minimum absolute atomic E-state index is 0.0799. The maximum Gasteiger partial charge on any atom is 0.162 e. The molecule has 1 saturated carbocycles. The van der Waals surface area contributed by atoms with Crippen LogP contribution in [0.25, 0.3) is 6.08 Å². The molecule has 0 N–H and O–H groups in total. The predicted octanol–water partition coefficient (Wildman–Crippen LogP) is 6.30. The quantitative estimate of drug-likeness (QED) is 0.465. The second-order valence-electron chi connectivity index (χ2n) is 7.65. The third kappa shape index (κ3) is 3.66. The molecule has 0 spiro atoms. The summed E-state index contributed by atoms with van der Waals surface area (Å²) in [5, 5.41) is 21.3. The van der Waals surface area contributed by atoms with Gasteiger partial charge in [-0.15, -0.1) is 0 Å². The Labute approximate surface area is 186 Å². The van der Waals surface area contributed by atoms with Crippen molar-refractivity contribution in [2.45, 2.75) is 18.3 Å². The molecule has 150 valence electrons. The molecule has 3 aromatic carbocycles. The lowest BCUT2D eigenvalue weighted by molar-refractivity contribution is -0.118. The molecule has 0 aromatic heterocycles. The molecule has 0 unspecified atom stereocenters. The second-order valence-corrected chi connectivity index (χ2v) is 8.06. The number of Topliss-reactive ketones (excluding diaryl/α,β-unsaturated/α-hetero) is 1. The predicted molar refractivity (Wildman–Crippen MR) is 121 cm³/mol. The first-order valence-electron chi connectivity index (χ1n) is 10.0. The number of ketones is 1. The van der Waals surface area contributed by atoms with Crippen LogP contribution in [0.2, 0.25) is 5.02 Å². The summed E-state index contributed by atoms with van der Waals surface area (Å²) in [5.74, 6) is -1.42. The number of rotatable bonds is 3. The van der Waals surface area contributed by atoms with Crippen molar-refractivity contribution in [1.82, 2.24) is 0 Å². The lowest BCUT2D eigenvalue weighted by Crippen LogP contribution is -2.41. The zero-order valence-electron chi connectivity index (χ0n) is 16.7. The molecule has 1 aliphatic carbocycles. The standard InChI is InChI=1S/C27H19ClN2O/c28-24-14-8-7-13-21(24)26-22(15-19-9-3-1-4-10-19)25(31)16-23(27(26,17-29)18-30)20-11-5-2-6-12-20/h1-15,23,26H,16H2/b22-15-/t23-,26+/m0/s1. The van der Waals surface area contributed by atoms with Crippen LogP contribution in [0, 0.1) is 28.1 Å². The van der Waals surface area contributed by atoms with E-state index in [2.05, 4.69) is 12.1 Å². The summed E-state index contributed by atoms with van der Waals surface area (Å²) in [6.07, 6.45) is 1.88. The van der Waals surface area contributed by atoms with Crippen molar-refractivity contribution in [2.75, 3.05) is 0 Å². The lowest BCUT2D eigenvalue weighted by Gasteiger charge is -2.42. The van der Waals surface area contributed by atoms with Gasteiger partial charge in [0.05, 0.1) is 12.1 Å². The van der Waals surface area contributed by atoms with E-state index >= 15 is 0 Å². The second kappa shape index (κ2) is 8.60. The summed E-state index contributed by atoms with van der Waals surface area (Å²) >= 11 is 6.55. The molecule has 31 heavy (non-hydrogen) atoms. The van der Waals surface area contributed by atoms with Crippen LogP contribution >= 0.6 is 11.6 Å². The van der Waals surface area contributed by atoms with Gasteiger partial charge in [0.1, 0.15) is 0 Å². The average molecular weight is 423 g/mol. The van der Waals surface area contributed by atoms with Crippen LogP contribution in [0.3, 0.4) is 0 Å². The van der Waals surface area contributed by atoms with Crippen molar-refractivity contribution in [3.05, 3.63) is 112 Å². The van der Waals surface area contributed by atoms with Gasteiger partial charge in [0, 0.05) is 28.9 Å². The van der Waals surface area contributed by atoms with Crippen LogP contribution in [0.1, 0.15) is 34.9 Å². The van der Waals surface area contributed by atoms with Gasteiger partial charge in [0.15, 0.2) is 11.2 Å². The highest BCUT2D eigenvalue weighted by Gasteiger charge is 2.55. The van der Waals surface area contributed by atoms with Crippen LogP contribution in [-0.4, -0.2) is 5.78 Å². The molecule has 0 bridgehead atoms. The molecule has 0 aliphatic heterocycles. The number of nitrogens with zero attached hydrogens (tertiary/aromatic N) is 2. The van der Waals surface area contributed by atoms with E-state index in [9.17, 15) is 15.3 Å². The number of hydrogen-bond acceptors (Lipinski definition) is 3. The summed E-state index contributed by atoms with van der Waals surface area (Å²) < 4.78 is 0. The van der Waals surface area contributed by atoms with Gasteiger partial charge in [-0.2, -0.15) is 10.5 Å². The van der Waals surface area contributed by atoms with Crippen LogP contribution < -0.4 is 0 Å². The minimum Gasteiger partial charge on any atom is -0.295 e. The van der Waals surface area contributed by atoms with E-state index < -0.39 is 17.3 Å². The van der Waals surface area contributed by atoms with E-state index in [1.807, 2.05) is 66.7 Å². The topological polar surface area (TPSA) is 64.7 Å². The number of benzene rings is 3. The van der Waals surface area contributed by atoms with E-state index in [1.165, 1.54) is 0 Å². The molecule has 3 nitrogen and oxygen atoms in total. The summed E-state index contributed by atoms with van der Waals surface area (Å²) in [7, 11) is 0. The zero-order valence-corrected chi connectivity index (χ0v) is 17.5. The summed E-state index contributed by atoms with van der Waals surface area (Å²) in [6, 6.07) is 30.6. The minimum atomic E-state index is -1.49. The number of carbonyl (C=O) groups excluding carboxylic acids is 1. The van der Waals surface area contributed by atoms with Gasteiger partial charge < -0.3 is 0 Å². The number of halogens is 1. The number of nitriles is 2. The third-order valence-corrected chi connectivity index (χ3v) is 6.28. The summed E-state index contributed by atoms with van der Waals surface area (Å²) in [5.41, 5.74) is 1.21. The smallest absolute Gasteiger partial charge is 0.162 e. The molecule has 1 aliphatic rings. The van der Waals surface area contributed by atoms with Crippen LogP contribution in [0.4, 0.5) is 0 Å². The first-order valence-corrected chi connectivity index (χ1v) is 10.4. The molecule has 3 aromatic rings. The Balaban J connectivity index is 2.00. The van der Waals surface area contributed by atoms with Crippen LogP contribution in [-0.2, 0) is 4.79 Å². The SMILES string of the molecule is N#CC1(C#N)[C@H](c2ccccc2)CC(=O)/C(=C/c2ccccc2)[C@H]1c1ccccc1Cl. The molecule has 4 heteroatoms. The zero-order chi connectivity index (χ0) is 21.8. The Morgan fingerprint density at radius 3 is 2.06 bits per heavy atom. The average Bonchev–Trinajstić information content (AvgIpc) is 2.82. The van der Waals surface area contributed by atoms with Gasteiger partial charge in [-0.05, 0) is 28.8 Å². The molecule has 4 rings (SSSR count). The van der Waals surface area contributed by atoms with Crippen molar-refractivity contribution < 1.29 is 4.79 Å². The van der Waals surface area contributed by atoms with Crippen LogP contribution in [0.15, 0.2) is 90.5 Å². The fourth-order valence-corrected chi connectivity index (χ4v) is 4.71. The Morgan fingerprint density at radius 2 is 1.45 bits per heavy atom. The van der Waals surface area contributed by atoms with Gasteiger partial charge in [-0.3, -0.25) is 4.79 Å². The monoisotopic (exact) mass is 422 g/mol. The summed E-state index contributed by atoms with van der Waals surface area (Å²) in [6.45, 7) is 0.